The van der Waals surface area contributed by atoms with E-state index >= 15 is 0 Å². The summed E-state index contributed by atoms with van der Waals surface area (Å²) in [6.45, 7) is 7.26. The highest BCUT2D eigenvalue weighted by atomic mass is 35.5. The fourth-order valence-corrected chi connectivity index (χ4v) is 3.69. The number of ether oxygens (including phenoxy) is 1. The summed E-state index contributed by atoms with van der Waals surface area (Å²) in [6, 6.07) is 5.94. The van der Waals surface area contributed by atoms with Crippen LogP contribution in [-0.2, 0) is 11.2 Å². The molecule has 1 aromatic carbocycles. The summed E-state index contributed by atoms with van der Waals surface area (Å²) in [7, 11) is 0. The van der Waals surface area contributed by atoms with E-state index in [1.165, 1.54) is 10.9 Å². The van der Waals surface area contributed by atoms with Crippen molar-refractivity contribution in [2.45, 2.75) is 39.7 Å². The monoisotopic (exact) mass is 334 g/mol. The van der Waals surface area contributed by atoms with E-state index in [2.05, 4.69) is 18.8 Å². The average molecular weight is 335 g/mol. The Bertz CT molecular complexity index is 725. The fourth-order valence-electron chi connectivity index (χ4n) is 3.52. The maximum absolute atomic E-state index is 12.4. The maximum Gasteiger partial charge on any atom is 0.410 e. The Labute approximate surface area is 141 Å². The molecule has 2 atom stereocenters. The van der Waals surface area contributed by atoms with Crippen LogP contribution in [0.1, 0.15) is 44.5 Å². The van der Waals surface area contributed by atoms with Crippen LogP contribution in [0.3, 0.4) is 0 Å². The molecule has 0 saturated heterocycles. The number of carbonyl (C=O) groups excluding carboxylic acids is 1. The molecule has 0 radical (unpaired) electrons. The van der Waals surface area contributed by atoms with Gasteiger partial charge in [-0.1, -0.05) is 31.9 Å². The third kappa shape index (κ3) is 2.80. The molecule has 0 aliphatic carbocycles. The van der Waals surface area contributed by atoms with Gasteiger partial charge in [0.15, 0.2) is 0 Å². The molecular formula is C18H23ClN2O2. The molecule has 2 heterocycles. The standard InChI is InChI=1S/C18H23ClN2O2/c1-4-11(3)17-16-13(8-9-21(17)18(22)23-5-2)14-10-12(19)6-7-15(14)20-16/h6-7,10-11,17,20H,4-5,8-9H2,1-3H3. The summed E-state index contributed by atoms with van der Waals surface area (Å²) in [4.78, 5) is 17.8. The summed E-state index contributed by atoms with van der Waals surface area (Å²) in [5.74, 6) is 0.349. The van der Waals surface area contributed by atoms with Gasteiger partial charge in [0.05, 0.1) is 12.6 Å². The molecule has 0 saturated carbocycles. The van der Waals surface area contributed by atoms with E-state index in [0.29, 0.717) is 19.1 Å². The van der Waals surface area contributed by atoms with Crippen LogP contribution < -0.4 is 0 Å². The second kappa shape index (κ2) is 6.44. The summed E-state index contributed by atoms with van der Waals surface area (Å²) in [5, 5.41) is 1.91. The number of hydrogen-bond donors (Lipinski definition) is 1. The highest BCUT2D eigenvalue weighted by molar-refractivity contribution is 6.31. The number of benzene rings is 1. The predicted octanol–water partition coefficient (Wildman–Crippen LogP) is 4.92. The molecule has 23 heavy (non-hydrogen) atoms. The van der Waals surface area contributed by atoms with Gasteiger partial charge in [-0.3, -0.25) is 4.90 Å². The molecule has 0 fully saturated rings. The minimum absolute atomic E-state index is 0.0222. The molecule has 1 N–H and O–H groups in total. The van der Waals surface area contributed by atoms with E-state index in [0.717, 1.165) is 29.1 Å². The SMILES string of the molecule is CCOC(=O)N1CCc2c([nH]c3ccc(Cl)cc23)C1C(C)CC. The van der Waals surface area contributed by atoms with Crippen LogP contribution in [0.2, 0.25) is 5.02 Å². The van der Waals surface area contributed by atoms with Gasteiger partial charge in [-0.25, -0.2) is 4.79 Å². The third-order valence-electron chi connectivity index (χ3n) is 4.82. The summed E-state index contributed by atoms with van der Waals surface area (Å²) < 4.78 is 5.27. The van der Waals surface area contributed by atoms with E-state index in [-0.39, 0.29) is 12.1 Å². The summed E-state index contributed by atoms with van der Waals surface area (Å²) in [5.41, 5.74) is 3.50. The van der Waals surface area contributed by atoms with Gasteiger partial charge in [-0.2, -0.15) is 0 Å². The zero-order chi connectivity index (χ0) is 16.6. The van der Waals surface area contributed by atoms with Crippen molar-refractivity contribution in [2.24, 2.45) is 5.92 Å². The van der Waals surface area contributed by atoms with Gasteiger partial charge in [0.1, 0.15) is 0 Å². The maximum atomic E-state index is 12.4. The number of aromatic amines is 1. The quantitative estimate of drug-likeness (QED) is 0.865. The number of carbonyl (C=O) groups is 1. The van der Waals surface area contributed by atoms with Crippen LogP contribution in [0.5, 0.6) is 0 Å². The highest BCUT2D eigenvalue weighted by Crippen LogP contribution is 2.40. The number of rotatable bonds is 3. The minimum atomic E-state index is -0.222. The van der Waals surface area contributed by atoms with Crippen LogP contribution in [0, 0.1) is 5.92 Å². The lowest BCUT2D eigenvalue weighted by atomic mass is 9.88. The van der Waals surface area contributed by atoms with Crippen molar-refractivity contribution in [3.05, 3.63) is 34.5 Å². The van der Waals surface area contributed by atoms with Gasteiger partial charge in [0, 0.05) is 28.2 Å². The summed E-state index contributed by atoms with van der Waals surface area (Å²) in [6.07, 6.45) is 1.59. The first-order valence-corrected chi connectivity index (χ1v) is 8.68. The van der Waals surface area contributed by atoms with Crippen molar-refractivity contribution in [1.82, 2.24) is 9.88 Å². The molecular weight excluding hydrogens is 312 g/mol. The Balaban J connectivity index is 2.09. The van der Waals surface area contributed by atoms with Crippen molar-refractivity contribution in [3.63, 3.8) is 0 Å². The average Bonchev–Trinajstić information content (AvgIpc) is 2.91. The van der Waals surface area contributed by atoms with Crippen LogP contribution in [0.25, 0.3) is 10.9 Å². The van der Waals surface area contributed by atoms with E-state index in [9.17, 15) is 4.79 Å². The van der Waals surface area contributed by atoms with E-state index in [4.69, 9.17) is 16.3 Å². The molecule has 0 bridgehead atoms. The first-order chi connectivity index (χ1) is 11.1. The van der Waals surface area contributed by atoms with Crippen LogP contribution in [0.4, 0.5) is 4.79 Å². The zero-order valence-electron chi connectivity index (χ0n) is 13.9. The molecule has 124 valence electrons. The number of fused-ring (bicyclic) bond motifs is 3. The molecule has 3 rings (SSSR count). The molecule has 4 nitrogen and oxygen atoms in total. The van der Waals surface area contributed by atoms with Crippen LogP contribution >= 0.6 is 11.6 Å². The lowest BCUT2D eigenvalue weighted by Gasteiger charge is -2.38. The number of amides is 1. The topological polar surface area (TPSA) is 45.3 Å². The molecule has 1 aliphatic rings. The van der Waals surface area contributed by atoms with Crippen molar-refractivity contribution < 1.29 is 9.53 Å². The van der Waals surface area contributed by atoms with Gasteiger partial charge in [-0.15, -0.1) is 0 Å². The largest absolute Gasteiger partial charge is 0.450 e. The number of nitrogens with one attached hydrogen (secondary N) is 1. The Morgan fingerprint density at radius 3 is 2.96 bits per heavy atom. The Kier molecular flexibility index (Phi) is 4.53. The van der Waals surface area contributed by atoms with Crippen molar-refractivity contribution in [1.29, 1.82) is 0 Å². The van der Waals surface area contributed by atoms with Gasteiger partial charge in [-0.05, 0) is 43.0 Å². The lowest BCUT2D eigenvalue weighted by Crippen LogP contribution is -2.43. The number of nitrogens with zero attached hydrogens (tertiary/aromatic N) is 1. The van der Waals surface area contributed by atoms with E-state index in [1.54, 1.807) is 0 Å². The van der Waals surface area contributed by atoms with Crippen molar-refractivity contribution in [2.75, 3.05) is 13.2 Å². The van der Waals surface area contributed by atoms with Gasteiger partial charge < -0.3 is 9.72 Å². The highest BCUT2D eigenvalue weighted by Gasteiger charge is 2.36. The van der Waals surface area contributed by atoms with E-state index < -0.39 is 0 Å². The third-order valence-corrected chi connectivity index (χ3v) is 5.06. The molecule has 2 aromatic rings. The molecule has 1 amide bonds. The van der Waals surface area contributed by atoms with E-state index in [1.807, 2.05) is 30.0 Å². The lowest BCUT2D eigenvalue weighted by molar-refractivity contribution is 0.0712. The van der Waals surface area contributed by atoms with Crippen molar-refractivity contribution >= 4 is 28.6 Å². The molecule has 5 heteroatoms. The second-order valence-electron chi connectivity index (χ2n) is 6.18. The number of halogens is 1. The molecule has 1 aromatic heterocycles. The second-order valence-corrected chi connectivity index (χ2v) is 6.62. The van der Waals surface area contributed by atoms with Gasteiger partial charge >= 0.3 is 6.09 Å². The Morgan fingerprint density at radius 2 is 2.26 bits per heavy atom. The first-order valence-electron chi connectivity index (χ1n) is 8.30. The minimum Gasteiger partial charge on any atom is -0.450 e. The van der Waals surface area contributed by atoms with Crippen LogP contribution in [-0.4, -0.2) is 29.1 Å². The van der Waals surface area contributed by atoms with Gasteiger partial charge in [0.25, 0.3) is 0 Å². The summed E-state index contributed by atoms with van der Waals surface area (Å²) >= 11 is 6.17. The first kappa shape index (κ1) is 16.2. The predicted molar refractivity (Wildman–Crippen MR) is 92.9 cm³/mol. The smallest absolute Gasteiger partial charge is 0.410 e. The Morgan fingerprint density at radius 1 is 1.48 bits per heavy atom. The van der Waals surface area contributed by atoms with Gasteiger partial charge in [0.2, 0.25) is 0 Å². The van der Waals surface area contributed by atoms with Crippen LogP contribution in [0.15, 0.2) is 18.2 Å². The van der Waals surface area contributed by atoms with Crippen molar-refractivity contribution in [3.8, 4) is 0 Å². The molecule has 2 unspecified atom stereocenters. The number of aromatic nitrogens is 1. The molecule has 0 spiro atoms. The Hall–Kier alpha value is -1.68. The zero-order valence-corrected chi connectivity index (χ0v) is 14.6. The number of H-pyrrole nitrogens is 1. The normalized spacial score (nSPS) is 18.8. The fraction of sp³-hybridized carbons (Fsp3) is 0.500. The molecule has 1 aliphatic heterocycles. The number of hydrogen-bond acceptors (Lipinski definition) is 2.